The molecule has 2 aromatic carbocycles. The number of carbonyl (C=O) groups is 2. The molecule has 2 heterocycles. The summed E-state index contributed by atoms with van der Waals surface area (Å²) in [5.74, 6) is -0.852. The summed E-state index contributed by atoms with van der Waals surface area (Å²) in [5, 5.41) is 3.18. The number of nitrogens with one attached hydrogen (secondary N) is 1. The molecule has 4 rings (SSSR count). The highest BCUT2D eigenvalue weighted by Gasteiger charge is 2.44. The third-order valence-corrected chi connectivity index (χ3v) is 6.96. The van der Waals surface area contributed by atoms with Crippen molar-refractivity contribution in [3.63, 3.8) is 0 Å². The second-order valence-electron chi connectivity index (χ2n) is 8.14. The molecule has 3 aromatic rings. The number of benzene rings is 2. The normalized spacial score (nSPS) is 14.6. The Morgan fingerprint density at radius 1 is 1.19 bits per heavy atom. The van der Waals surface area contributed by atoms with Crippen LogP contribution >= 0.6 is 22.9 Å². The Balaban J connectivity index is 1.64. The van der Waals surface area contributed by atoms with Crippen LogP contribution in [0.5, 0.6) is 0 Å². The van der Waals surface area contributed by atoms with Crippen molar-refractivity contribution in [2.75, 3.05) is 4.90 Å². The SMILES string of the molecule is Cc1ccc(CNC(=O)c2ccc3c(c2)N(Cc2c(F)cccc2Cl)C(=O)C3(C)C)s1. The molecule has 0 unspecified atom stereocenters. The Labute approximate surface area is 189 Å². The molecule has 0 fully saturated rings. The van der Waals surface area contributed by atoms with Gasteiger partial charge in [0.05, 0.1) is 18.5 Å². The minimum Gasteiger partial charge on any atom is -0.347 e. The van der Waals surface area contributed by atoms with Crippen LogP contribution < -0.4 is 10.2 Å². The minimum atomic E-state index is -0.781. The van der Waals surface area contributed by atoms with E-state index in [0.29, 0.717) is 17.8 Å². The van der Waals surface area contributed by atoms with Crippen LogP contribution in [-0.2, 0) is 23.3 Å². The first kappa shape index (κ1) is 21.5. The standard InChI is InChI=1S/C24H22ClFN2O2S/c1-14-7-9-16(31-14)12-27-22(29)15-8-10-18-21(11-15)28(23(30)24(18,2)3)13-17-19(25)5-4-6-20(17)26/h4-11H,12-13H2,1-3H3,(H,27,29). The zero-order valence-corrected chi connectivity index (χ0v) is 19.0. The van der Waals surface area contributed by atoms with E-state index in [1.807, 2.05) is 32.9 Å². The number of aryl methyl sites for hydroxylation is 1. The fourth-order valence-electron chi connectivity index (χ4n) is 3.83. The molecule has 7 heteroatoms. The Kier molecular flexibility index (Phi) is 5.62. The number of thiophene rings is 1. The number of hydrogen-bond acceptors (Lipinski definition) is 3. The largest absolute Gasteiger partial charge is 0.347 e. The third kappa shape index (κ3) is 3.98. The van der Waals surface area contributed by atoms with Crippen molar-refractivity contribution < 1.29 is 14.0 Å². The fourth-order valence-corrected chi connectivity index (χ4v) is 4.89. The van der Waals surface area contributed by atoms with Gasteiger partial charge in [-0.3, -0.25) is 9.59 Å². The van der Waals surface area contributed by atoms with Crippen molar-refractivity contribution in [1.29, 1.82) is 0 Å². The van der Waals surface area contributed by atoms with Crippen molar-refractivity contribution in [1.82, 2.24) is 5.32 Å². The van der Waals surface area contributed by atoms with Crippen molar-refractivity contribution in [2.45, 2.75) is 39.3 Å². The van der Waals surface area contributed by atoms with Gasteiger partial charge in [0.2, 0.25) is 5.91 Å². The van der Waals surface area contributed by atoms with E-state index in [0.717, 1.165) is 10.4 Å². The van der Waals surface area contributed by atoms with Crippen LogP contribution in [0, 0.1) is 12.7 Å². The highest BCUT2D eigenvalue weighted by Crippen LogP contribution is 2.43. The number of anilines is 1. The molecular formula is C24H22ClFN2O2S. The Hall–Kier alpha value is -2.70. The molecule has 0 saturated heterocycles. The number of fused-ring (bicyclic) bond motifs is 1. The molecule has 0 bridgehead atoms. The zero-order valence-electron chi connectivity index (χ0n) is 17.5. The van der Waals surface area contributed by atoms with Crippen molar-refractivity contribution in [3.8, 4) is 0 Å². The average Bonchev–Trinajstić information content (AvgIpc) is 3.23. The summed E-state index contributed by atoms with van der Waals surface area (Å²) in [6.45, 7) is 6.12. The van der Waals surface area contributed by atoms with Crippen LogP contribution in [0.3, 0.4) is 0 Å². The third-order valence-electron chi connectivity index (χ3n) is 5.60. The highest BCUT2D eigenvalue weighted by molar-refractivity contribution is 7.11. The van der Waals surface area contributed by atoms with E-state index in [4.69, 9.17) is 11.6 Å². The predicted molar refractivity (Wildman–Crippen MR) is 122 cm³/mol. The monoisotopic (exact) mass is 456 g/mol. The molecule has 0 saturated carbocycles. The number of hydrogen-bond donors (Lipinski definition) is 1. The van der Waals surface area contributed by atoms with Gasteiger partial charge in [-0.25, -0.2) is 4.39 Å². The van der Waals surface area contributed by atoms with Crippen LogP contribution in [0.4, 0.5) is 10.1 Å². The highest BCUT2D eigenvalue weighted by atomic mass is 35.5. The van der Waals surface area contributed by atoms with Crippen molar-refractivity contribution in [2.24, 2.45) is 0 Å². The topological polar surface area (TPSA) is 49.4 Å². The van der Waals surface area contributed by atoms with Crippen LogP contribution in [-0.4, -0.2) is 11.8 Å². The van der Waals surface area contributed by atoms with E-state index in [-0.39, 0.29) is 28.9 Å². The second-order valence-corrected chi connectivity index (χ2v) is 9.92. The molecule has 1 aliphatic rings. The number of nitrogens with zero attached hydrogens (tertiary/aromatic N) is 1. The molecule has 0 atom stereocenters. The van der Waals surface area contributed by atoms with Crippen LogP contribution in [0.1, 0.15) is 45.1 Å². The lowest BCUT2D eigenvalue weighted by Crippen LogP contribution is -2.36. The lowest BCUT2D eigenvalue weighted by molar-refractivity contribution is -0.122. The average molecular weight is 457 g/mol. The van der Waals surface area contributed by atoms with Gasteiger partial charge in [0.25, 0.3) is 5.91 Å². The lowest BCUT2D eigenvalue weighted by atomic mass is 9.86. The van der Waals surface area contributed by atoms with Crippen LogP contribution in [0.2, 0.25) is 5.02 Å². The Bertz CT molecular complexity index is 1170. The zero-order chi connectivity index (χ0) is 22.3. The lowest BCUT2D eigenvalue weighted by Gasteiger charge is -2.21. The Morgan fingerprint density at radius 2 is 1.97 bits per heavy atom. The maximum atomic E-state index is 14.4. The number of rotatable bonds is 5. The van der Waals surface area contributed by atoms with E-state index in [1.54, 1.807) is 35.6 Å². The second kappa shape index (κ2) is 8.09. The van der Waals surface area contributed by atoms with E-state index in [9.17, 15) is 14.0 Å². The van der Waals surface area contributed by atoms with Gasteiger partial charge in [0.1, 0.15) is 5.82 Å². The molecule has 0 radical (unpaired) electrons. The van der Waals surface area contributed by atoms with E-state index in [1.165, 1.54) is 21.9 Å². The number of amides is 2. The molecule has 1 aromatic heterocycles. The first-order valence-corrected chi connectivity index (χ1v) is 11.1. The molecule has 160 valence electrons. The van der Waals surface area contributed by atoms with E-state index in [2.05, 4.69) is 5.32 Å². The quantitative estimate of drug-likeness (QED) is 0.543. The van der Waals surface area contributed by atoms with Gasteiger partial charge in [0.15, 0.2) is 0 Å². The van der Waals surface area contributed by atoms with Crippen molar-refractivity contribution >= 4 is 40.4 Å². The maximum absolute atomic E-state index is 14.4. The minimum absolute atomic E-state index is 0.000312. The first-order valence-electron chi connectivity index (χ1n) is 9.91. The summed E-state index contributed by atoms with van der Waals surface area (Å²) in [4.78, 5) is 29.7. The van der Waals surface area contributed by atoms with Gasteiger partial charge >= 0.3 is 0 Å². The van der Waals surface area contributed by atoms with E-state index < -0.39 is 11.2 Å². The van der Waals surface area contributed by atoms with E-state index >= 15 is 0 Å². The summed E-state index contributed by atoms with van der Waals surface area (Å²) in [6.07, 6.45) is 0. The van der Waals surface area contributed by atoms with Gasteiger partial charge in [-0.05, 0) is 62.7 Å². The van der Waals surface area contributed by atoms with Gasteiger partial charge in [-0.15, -0.1) is 11.3 Å². The molecule has 4 nitrogen and oxygen atoms in total. The maximum Gasteiger partial charge on any atom is 0.251 e. The first-order chi connectivity index (χ1) is 14.7. The predicted octanol–water partition coefficient (Wildman–Crippen LogP) is 5.60. The number of carbonyl (C=O) groups excluding carboxylic acids is 2. The summed E-state index contributed by atoms with van der Waals surface area (Å²) in [6, 6.07) is 13.7. The molecule has 1 N–H and O–H groups in total. The summed E-state index contributed by atoms with van der Waals surface area (Å²) in [5.41, 5.74) is 1.33. The van der Waals surface area contributed by atoms with Gasteiger partial charge in [-0.1, -0.05) is 23.7 Å². The van der Waals surface area contributed by atoms with Crippen molar-refractivity contribution in [3.05, 3.63) is 85.8 Å². The number of halogens is 2. The molecule has 31 heavy (non-hydrogen) atoms. The summed E-state index contributed by atoms with van der Waals surface area (Å²) < 4.78 is 14.4. The smallest absolute Gasteiger partial charge is 0.251 e. The summed E-state index contributed by atoms with van der Waals surface area (Å²) in [7, 11) is 0. The molecular weight excluding hydrogens is 435 g/mol. The Morgan fingerprint density at radius 3 is 2.65 bits per heavy atom. The van der Waals surface area contributed by atoms with Gasteiger partial charge in [-0.2, -0.15) is 0 Å². The van der Waals surface area contributed by atoms with Crippen LogP contribution in [0.25, 0.3) is 0 Å². The molecule has 0 aliphatic carbocycles. The van der Waals surface area contributed by atoms with Gasteiger partial charge < -0.3 is 10.2 Å². The fraction of sp³-hybridized carbons (Fsp3) is 0.250. The van der Waals surface area contributed by atoms with Crippen LogP contribution in [0.15, 0.2) is 48.5 Å². The summed E-state index contributed by atoms with van der Waals surface area (Å²) >= 11 is 7.83. The molecule has 1 aliphatic heterocycles. The molecule has 2 amide bonds. The van der Waals surface area contributed by atoms with Gasteiger partial charge in [0, 0.05) is 31.6 Å². The molecule has 0 spiro atoms.